The van der Waals surface area contributed by atoms with Gasteiger partial charge in [-0.2, -0.15) is 11.8 Å². The van der Waals surface area contributed by atoms with Crippen LogP contribution in [-0.2, 0) is 0 Å². The van der Waals surface area contributed by atoms with E-state index in [-0.39, 0.29) is 0 Å². The maximum Gasteiger partial charge on any atom is 0.0288 e. The summed E-state index contributed by atoms with van der Waals surface area (Å²) in [5.41, 5.74) is 1.43. The molecule has 0 aromatic heterocycles. The first-order valence-corrected chi connectivity index (χ1v) is 6.35. The van der Waals surface area contributed by atoms with Gasteiger partial charge in [-0.05, 0) is 44.2 Å². The molecule has 1 heterocycles. The molecule has 2 heteroatoms. The van der Waals surface area contributed by atoms with Crippen molar-refractivity contribution in [1.29, 1.82) is 0 Å². The van der Waals surface area contributed by atoms with Gasteiger partial charge in [0, 0.05) is 6.04 Å². The summed E-state index contributed by atoms with van der Waals surface area (Å²) >= 11 is 2.09. The van der Waals surface area contributed by atoms with Crippen LogP contribution in [0.4, 0.5) is 0 Å². The Balaban J connectivity index is 2.50. The van der Waals surface area contributed by atoms with Crippen molar-refractivity contribution >= 4 is 11.8 Å². The largest absolute Gasteiger partial charge is 0.310 e. The van der Waals surface area contributed by atoms with Crippen LogP contribution in [0, 0.1) is 5.92 Å². The Morgan fingerprint density at radius 1 is 1.62 bits per heavy atom. The molecule has 1 aliphatic rings. The van der Waals surface area contributed by atoms with Gasteiger partial charge in [0.15, 0.2) is 0 Å². The third-order valence-corrected chi connectivity index (χ3v) is 3.61. The van der Waals surface area contributed by atoms with E-state index in [0.717, 1.165) is 12.5 Å². The van der Waals surface area contributed by atoms with Crippen LogP contribution in [0.1, 0.15) is 27.2 Å². The zero-order chi connectivity index (χ0) is 9.68. The molecule has 1 fully saturated rings. The molecule has 0 saturated carbocycles. The van der Waals surface area contributed by atoms with Gasteiger partial charge in [0.1, 0.15) is 0 Å². The first-order valence-electron chi connectivity index (χ1n) is 5.20. The zero-order valence-corrected chi connectivity index (χ0v) is 9.79. The highest BCUT2D eigenvalue weighted by Gasteiger charge is 2.22. The lowest BCUT2D eigenvalue weighted by molar-refractivity contribution is 0.450. The fourth-order valence-corrected chi connectivity index (χ4v) is 3.11. The Bertz CT molecular complexity index is 167. The van der Waals surface area contributed by atoms with E-state index in [9.17, 15) is 0 Å². The fourth-order valence-electron chi connectivity index (χ4n) is 1.79. The molecule has 1 nitrogen and oxygen atoms in total. The highest BCUT2D eigenvalue weighted by Crippen LogP contribution is 2.27. The summed E-state index contributed by atoms with van der Waals surface area (Å²) in [7, 11) is 0. The van der Waals surface area contributed by atoms with Gasteiger partial charge in [-0.15, -0.1) is 0 Å². The number of hydrogen-bond donors (Lipinski definition) is 1. The Hall–Kier alpha value is 0.0500. The van der Waals surface area contributed by atoms with E-state index in [0.29, 0.717) is 6.04 Å². The minimum Gasteiger partial charge on any atom is -0.310 e. The van der Waals surface area contributed by atoms with E-state index in [1.807, 2.05) is 0 Å². The second-order valence-corrected chi connectivity index (χ2v) is 5.10. The van der Waals surface area contributed by atoms with E-state index in [1.165, 1.54) is 23.5 Å². The van der Waals surface area contributed by atoms with Gasteiger partial charge < -0.3 is 5.32 Å². The molecule has 2 unspecified atom stereocenters. The number of allylic oxidation sites excluding steroid dienone is 1. The summed E-state index contributed by atoms with van der Waals surface area (Å²) in [6, 6.07) is 0.616. The Labute approximate surface area is 86.4 Å². The van der Waals surface area contributed by atoms with Crippen molar-refractivity contribution in [2.45, 2.75) is 33.2 Å². The predicted octanol–water partition coefficient (Wildman–Crippen LogP) is 2.68. The third-order valence-electron chi connectivity index (χ3n) is 2.43. The molecule has 0 aromatic carbocycles. The van der Waals surface area contributed by atoms with Gasteiger partial charge in [0.05, 0.1) is 0 Å². The molecule has 2 atom stereocenters. The first-order chi connectivity index (χ1) is 6.24. The van der Waals surface area contributed by atoms with Crippen LogP contribution in [0.2, 0.25) is 0 Å². The third kappa shape index (κ3) is 3.74. The van der Waals surface area contributed by atoms with Crippen LogP contribution in [0.5, 0.6) is 0 Å². The molecule has 0 bridgehead atoms. The van der Waals surface area contributed by atoms with Crippen LogP contribution in [-0.4, -0.2) is 24.1 Å². The van der Waals surface area contributed by atoms with Crippen molar-refractivity contribution in [2.24, 2.45) is 5.92 Å². The van der Waals surface area contributed by atoms with Crippen molar-refractivity contribution in [1.82, 2.24) is 5.32 Å². The fraction of sp³-hybridized carbons (Fsp3) is 0.818. The van der Waals surface area contributed by atoms with Gasteiger partial charge >= 0.3 is 0 Å². The van der Waals surface area contributed by atoms with Crippen LogP contribution in [0.15, 0.2) is 11.6 Å². The lowest BCUT2D eigenvalue weighted by Crippen LogP contribution is -2.34. The monoisotopic (exact) mass is 199 g/mol. The lowest BCUT2D eigenvalue weighted by atomic mass is 9.97. The lowest BCUT2D eigenvalue weighted by Gasteiger charge is -2.20. The average molecular weight is 199 g/mol. The second kappa shape index (κ2) is 5.71. The number of nitrogens with one attached hydrogen (secondary N) is 1. The standard InChI is InChI=1S/C11H21NS/c1-4-12-11(7-9(2)3)10-5-6-13-8-10/h7,10-12H,4-6,8H2,1-3H3. The summed E-state index contributed by atoms with van der Waals surface area (Å²) in [6.07, 6.45) is 3.77. The topological polar surface area (TPSA) is 12.0 Å². The maximum absolute atomic E-state index is 3.57. The Kier molecular flexibility index (Phi) is 4.89. The highest BCUT2D eigenvalue weighted by atomic mass is 32.2. The number of rotatable bonds is 4. The highest BCUT2D eigenvalue weighted by molar-refractivity contribution is 7.99. The number of likely N-dealkylation sites (N-methyl/N-ethyl adjacent to an activating group) is 1. The van der Waals surface area contributed by atoms with Crippen molar-refractivity contribution in [3.8, 4) is 0 Å². The molecule has 1 N–H and O–H groups in total. The smallest absolute Gasteiger partial charge is 0.0288 e. The summed E-state index contributed by atoms with van der Waals surface area (Å²) in [5, 5.41) is 3.57. The molecule has 0 radical (unpaired) electrons. The zero-order valence-electron chi connectivity index (χ0n) is 8.97. The summed E-state index contributed by atoms with van der Waals surface area (Å²) in [6.45, 7) is 7.64. The van der Waals surface area contributed by atoms with Crippen molar-refractivity contribution < 1.29 is 0 Å². The molecule has 0 spiro atoms. The molecule has 1 aliphatic heterocycles. The van der Waals surface area contributed by atoms with Gasteiger partial charge in [0.25, 0.3) is 0 Å². The van der Waals surface area contributed by atoms with E-state index < -0.39 is 0 Å². The quantitative estimate of drug-likeness (QED) is 0.699. The van der Waals surface area contributed by atoms with E-state index in [4.69, 9.17) is 0 Å². The molecule has 76 valence electrons. The molecule has 13 heavy (non-hydrogen) atoms. The van der Waals surface area contributed by atoms with E-state index >= 15 is 0 Å². The Morgan fingerprint density at radius 3 is 2.85 bits per heavy atom. The van der Waals surface area contributed by atoms with Crippen molar-refractivity contribution in [3.63, 3.8) is 0 Å². The summed E-state index contributed by atoms with van der Waals surface area (Å²) in [5.74, 6) is 3.55. The van der Waals surface area contributed by atoms with Crippen LogP contribution >= 0.6 is 11.8 Å². The SMILES string of the molecule is CCNC(C=C(C)C)C1CCSC1. The second-order valence-electron chi connectivity index (χ2n) is 3.95. The van der Waals surface area contributed by atoms with Gasteiger partial charge in [0.2, 0.25) is 0 Å². The molecule has 0 aromatic rings. The van der Waals surface area contributed by atoms with Crippen LogP contribution in [0.25, 0.3) is 0 Å². The molecule has 1 saturated heterocycles. The van der Waals surface area contributed by atoms with E-state index in [1.54, 1.807) is 0 Å². The van der Waals surface area contributed by atoms with Crippen molar-refractivity contribution in [3.05, 3.63) is 11.6 Å². The maximum atomic E-state index is 3.57. The van der Waals surface area contributed by atoms with Crippen LogP contribution < -0.4 is 5.32 Å². The summed E-state index contributed by atoms with van der Waals surface area (Å²) in [4.78, 5) is 0. The van der Waals surface area contributed by atoms with E-state index in [2.05, 4.69) is 43.9 Å². The molecule has 0 aliphatic carbocycles. The number of hydrogen-bond acceptors (Lipinski definition) is 2. The van der Waals surface area contributed by atoms with Crippen molar-refractivity contribution in [2.75, 3.05) is 18.1 Å². The first kappa shape index (κ1) is 11.1. The predicted molar refractivity (Wildman–Crippen MR) is 62.3 cm³/mol. The van der Waals surface area contributed by atoms with Gasteiger partial charge in [-0.1, -0.05) is 18.6 Å². The normalized spacial score (nSPS) is 24.4. The van der Waals surface area contributed by atoms with Gasteiger partial charge in [-0.3, -0.25) is 0 Å². The average Bonchev–Trinajstić information content (AvgIpc) is 2.54. The molecule has 1 rings (SSSR count). The minimum absolute atomic E-state index is 0.616. The number of thioether (sulfide) groups is 1. The summed E-state index contributed by atoms with van der Waals surface area (Å²) < 4.78 is 0. The minimum atomic E-state index is 0.616. The Morgan fingerprint density at radius 2 is 2.38 bits per heavy atom. The van der Waals surface area contributed by atoms with Gasteiger partial charge in [-0.25, -0.2) is 0 Å². The molecular weight excluding hydrogens is 178 g/mol. The molecule has 0 amide bonds. The molecular formula is C11H21NS. The van der Waals surface area contributed by atoms with Crippen LogP contribution in [0.3, 0.4) is 0 Å².